The lowest BCUT2D eigenvalue weighted by Gasteiger charge is -2.01. The van der Waals surface area contributed by atoms with Gasteiger partial charge in [-0.3, -0.25) is 10.2 Å². The predicted molar refractivity (Wildman–Crippen MR) is 40.1 cm³/mol. The minimum absolute atomic E-state index is 0. The first kappa shape index (κ1) is 12.0. The van der Waals surface area contributed by atoms with Gasteiger partial charge in [-0.05, 0) is 0 Å². The molecule has 0 unspecified atom stereocenters. The molecule has 0 fully saturated rings. The molecule has 0 aromatic heterocycles. The molecule has 0 amide bonds. The third-order valence-electron chi connectivity index (χ3n) is 0.682. The van der Waals surface area contributed by atoms with E-state index in [2.05, 4.69) is 4.74 Å². The number of nitrogens with two attached hydrogens (primary N) is 1. The van der Waals surface area contributed by atoms with Gasteiger partial charge in [0.1, 0.15) is 0 Å². The Labute approximate surface area is 65.7 Å². The second kappa shape index (κ2) is 5.05. The van der Waals surface area contributed by atoms with E-state index in [0.717, 1.165) is 0 Å². The zero-order valence-corrected chi connectivity index (χ0v) is 6.70. The first-order chi connectivity index (χ1) is 4.04. The van der Waals surface area contributed by atoms with Crippen LogP contribution in [0.15, 0.2) is 0 Å². The zero-order chi connectivity index (χ0) is 7.44. The fraction of sp³-hybridized carbons (Fsp3) is 0.600. The quantitative estimate of drug-likeness (QED) is 0.338. The number of hydrogen-bond donors (Lipinski definition) is 2. The second-order valence-corrected chi connectivity index (χ2v) is 1.94. The van der Waals surface area contributed by atoms with E-state index in [1.165, 1.54) is 0 Å². The Kier molecular flexibility index (Phi) is 6.04. The van der Waals surface area contributed by atoms with Crippen molar-refractivity contribution in [3.63, 3.8) is 0 Å². The molecule has 0 rings (SSSR count). The molecule has 0 saturated heterocycles. The van der Waals surface area contributed by atoms with Gasteiger partial charge >= 0.3 is 5.97 Å². The summed E-state index contributed by atoms with van der Waals surface area (Å²) in [4.78, 5) is 10.5. The molecule has 0 aliphatic heterocycles. The second-order valence-electron chi connectivity index (χ2n) is 1.94. The van der Waals surface area contributed by atoms with E-state index >= 15 is 0 Å². The summed E-state index contributed by atoms with van der Waals surface area (Å²) < 4.78 is 4.23. The Morgan fingerprint density at radius 1 is 1.60 bits per heavy atom. The van der Waals surface area contributed by atoms with Crippen molar-refractivity contribution < 1.29 is 9.53 Å². The molecule has 10 heavy (non-hydrogen) atoms. The molecular formula is C5H11ClN2O2. The van der Waals surface area contributed by atoms with Crippen molar-refractivity contribution in [2.45, 2.75) is 13.8 Å². The summed E-state index contributed by atoms with van der Waals surface area (Å²) in [7, 11) is 0. The van der Waals surface area contributed by atoms with E-state index in [0.29, 0.717) is 0 Å². The Morgan fingerprint density at radius 3 is 2.10 bits per heavy atom. The number of ether oxygens (including phenoxy) is 1. The molecule has 0 spiro atoms. The van der Waals surface area contributed by atoms with Crippen LogP contribution in [0.2, 0.25) is 0 Å². The number of amidine groups is 1. The van der Waals surface area contributed by atoms with Crippen LogP contribution in [0.5, 0.6) is 0 Å². The predicted octanol–water partition coefficient (Wildman–Crippen LogP) is 0.501. The van der Waals surface area contributed by atoms with Crippen molar-refractivity contribution in [1.82, 2.24) is 0 Å². The Morgan fingerprint density at radius 2 is 2.00 bits per heavy atom. The smallest absolute Gasteiger partial charge is 0.316 e. The minimum atomic E-state index is -0.547. The first-order valence-corrected chi connectivity index (χ1v) is 2.59. The number of halogens is 1. The van der Waals surface area contributed by atoms with E-state index in [4.69, 9.17) is 11.1 Å². The largest absolute Gasteiger partial charge is 0.393 e. The highest BCUT2D eigenvalue weighted by Crippen LogP contribution is 1.93. The fourth-order valence-electron chi connectivity index (χ4n) is 0.226. The van der Waals surface area contributed by atoms with Gasteiger partial charge in [-0.15, -0.1) is 12.4 Å². The fourth-order valence-corrected chi connectivity index (χ4v) is 0.226. The molecule has 0 aliphatic rings. The van der Waals surface area contributed by atoms with Gasteiger partial charge in [0.05, 0.1) is 5.92 Å². The number of hydrogen-bond acceptors (Lipinski definition) is 3. The Hall–Kier alpha value is -0.770. The van der Waals surface area contributed by atoms with Gasteiger partial charge in [0.25, 0.3) is 6.02 Å². The molecule has 0 bridgehead atoms. The third kappa shape index (κ3) is 5.37. The van der Waals surface area contributed by atoms with Gasteiger partial charge in [-0.1, -0.05) is 13.8 Å². The van der Waals surface area contributed by atoms with E-state index in [1.807, 2.05) is 0 Å². The average molecular weight is 167 g/mol. The van der Waals surface area contributed by atoms with Crippen molar-refractivity contribution in [3.8, 4) is 0 Å². The SMILES string of the molecule is CC(C)C(=O)OC(=N)N.Cl. The van der Waals surface area contributed by atoms with Crippen molar-refractivity contribution in [3.05, 3.63) is 0 Å². The minimum Gasteiger partial charge on any atom is -0.393 e. The lowest BCUT2D eigenvalue weighted by Crippen LogP contribution is -2.22. The van der Waals surface area contributed by atoms with Crippen molar-refractivity contribution in [2.75, 3.05) is 0 Å². The van der Waals surface area contributed by atoms with E-state index < -0.39 is 12.0 Å². The molecule has 0 heterocycles. The van der Waals surface area contributed by atoms with Gasteiger partial charge in [0, 0.05) is 0 Å². The molecule has 0 saturated carbocycles. The summed E-state index contributed by atoms with van der Waals surface area (Å²) in [5, 5.41) is 6.55. The lowest BCUT2D eigenvalue weighted by atomic mass is 10.2. The summed E-state index contributed by atoms with van der Waals surface area (Å²) in [6.07, 6.45) is 0. The number of nitrogens with one attached hydrogen (secondary N) is 1. The van der Waals surface area contributed by atoms with Gasteiger partial charge < -0.3 is 10.5 Å². The van der Waals surface area contributed by atoms with Crippen molar-refractivity contribution >= 4 is 24.4 Å². The van der Waals surface area contributed by atoms with Crippen LogP contribution < -0.4 is 5.73 Å². The summed E-state index contributed by atoms with van der Waals surface area (Å²) in [6.45, 7) is 3.34. The zero-order valence-electron chi connectivity index (χ0n) is 5.88. The van der Waals surface area contributed by atoms with Crippen LogP contribution in [0, 0.1) is 11.3 Å². The first-order valence-electron chi connectivity index (χ1n) is 2.59. The maximum absolute atomic E-state index is 10.5. The molecule has 3 N–H and O–H groups in total. The van der Waals surface area contributed by atoms with Crippen LogP contribution in [0.1, 0.15) is 13.8 Å². The van der Waals surface area contributed by atoms with Gasteiger partial charge in [0.2, 0.25) is 0 Å². The highest BCUT2D eigenvalue weighted by atomic mass is 35.5. The molecule has 0 aromatic rings. The van der Waals surface area contributed by atoms with Crippen molar-refractivity contribution in [2.24, 2.45) is 11.7 Å². The van der Waals surface area contributed by atoms with E-state index in [-0.39, 0.29) is 18.3 Å². The molecule has 0 atom stereocenters. The normalized spacial score (nSPS) is 8.30. The molecule has 0 aliphatic carbocycles. The van der Waals surface area contributed by atoms with E-state index in [1.54, 1.807) is 13.8 Å². The Bertz CT molecular complexity index is 136. The molecule has 0 radical (unpaired) electrons. The van der Waals surface area contributed by atoms with E-state index in [9.17, 15) is 4.79 Å². The molecular weight excluding hydrogens is 156 g/mol. The number of rotatable bonds is 1. The summed E-state index contributed by atoms with van der Waals surface area (Å²) in [5.74, 6) is -0.698. The standard InChI is InChI=1S/C5H10N2O2.ClH/c1-3(2)4(8)9-5(6)7;/h3H,1-2H3,(H3,6,7);1H. The molecule has 5 heteroatoms. The van der Waals surface area contributed by atoms with Gasteiger partial charge in [-0.2, -0.15) is 0 Å². The summed E-state index contributed by atoms with van der Waals surface area (Å²) in [6, 6.07) is -0.547. The van der Waals surface area contributed by atoms with Crippen LogP contribution in [-0.4, -0.2) is 12.0 Å². The maximum Gasteiger partial charge on any atom is 0.316 e. The maximum atomic E-state index is 10.5. The summed E-state index contributed by atoms with van der Waals surface area (Å²) in [5.41, 5.74) is 4.77. The molecule has 0 aromatic carbocycles. The number of esters is 1. The number of carbonyl (C=O) groups excluding carboxylic acids is 1. The highest BCUT2D eigenvalue weighted by molar-refractivity contribution is 5.85. The van der Waals surface area contributed by atoms with Crippen LogP contribution >= 0.6 is 12.4 Å². The van der Waals surface area contributed by atoms with Gasteiger partial charge in [0.15, 0.2) is 0 Å². The monoisotopic (exact) mass is 166 g/mol. The van der Waals surface area contributed by atoms with Gasteiger partial charge in [-0.25, -0.2) is 0 Å². The van der Waals surface area contributed by atoms with Crippen LogP contribution in [0.4, 0.5) is 0 Å². The van der Waals surface area contributed by atoms with Crippen LogP contribution in [0.25, 0.3) is 0 Å². The highest BCUT2D eigenvalue weighted by Gasteiger charge is 2.08. The van der Waals surface area contributed by atoms with Crippen LogP contribution in [0.3, 0.4) is 0 Å². The third-order valence-corrected chi connectivity index (χ3v) is 0.682. The van der Waals surface area contributed by atoms with Crippen LogP contribution in [-0.2, 0) is 9.53 Å². The lowest BCUT2D eigenvalue weighted by molar-refractivity contribution is -0.139. The molecule has 4 nitrogen and oxygen atoms in total. The van der Waals surface area contributed by atoms with Crippen molar-refractivity contribution in [1.29, 1.82) is 5.41 Å². The number of carbonyl (C=O) groups is 1. The molecule has 60 valence electrons. The summed E-state index contributed by atoms with van der Waals surface area (Å²) >= 11 is 0. The average Bonchev–Trinajstić information content (AvgIpc) is 1.63. The topological polar surface area (TPSA) is 76.2 Å². The Balaban J connectivity index is 0.